The zero-order chi connectivity index (χ0) is 46.1. The Morgan fingerprint density at radius 3 is 1.39 bits per heavy atom. The molecule has 360 valence electrons. The first-order valence-electron chi connectivity index (χ1n) is 24.4. The third-order valence-corrected chi connectivity index (χ3v) is 14.4. The van der Waals surface area contributed by atoms with Gasteiger partial charge in [0.15, 0.2) is 11.6 Å². The van der Waals surface area contributed by atoms with Gasteiger partial charge in [0.2, 0.25) is 11.1 Å². The number of hydrogen-bond acceptors (Lipinski definition) is 14. The fraction of sp³-hybridized carbons (Fsp3) is 0.434. The molecule has 0 aliphatic carbocycles. The Morgan fingerprint density at radius 2 is 0.986 bits per heavy atom. The molecular weight excluding hydrogens is 869 g/mol. The molecule has 16 nitrogen and oxygen atoms in total. The first kappa shape index (κ1) is 46.3. The Kier molecular flexibility index (Phi) is 13.6. The van der Waals surface area contributed by atoms with Crippen LogP contribution < -0.4 is 31.6 Å². The highest BCUT2D eigenvalue weighted by Crippen LogP contribution is 2.43. The van der Waals surface area contributed by atoms with Crippen LogP contribution in [0.25, 0.3) is 22.8 Å². The SMILES string of the molecule is C.C[C@H]1COCCN1c1nc(-c2ccc(Nc3cccc(=O)[nH]3)cc2)nc2c1CCN1CCCC21.C[C@H]1COCCN1c1nc(-c2ccc(Nc3cccc(=O)[nH]3)cc2)nc2c1CCN1CCCC21. The van der Waals surface area contributed by atoms with Crippen LogP contribution in [0, 0.1) is 0 Å². The minimum Gasteiger partial charge on any atom is -0.377 e. The normalized spacial score (nSPS) is 22.0. The van der Waals surface area contributed by atoms with Crippen molar-refractivity contribution >= 4 is 34.6 Å². The summed E-state index contributed by atoms with van der Waals surface area (Å²) in [4.78, 5) is 59.3. The van der Waals surface area contributed by atoms with Crippen molar-refractivity contribution in [2.45, 2.75) is 84.0 Å². The van der Waals surface area contributed by atoms with E-state index in [2.05, 4.69) is 54.0 Å². The van der Waals surface area contributed by atoms with Gasteiger partial charge < -0.3 is 39.9 Å². The molecule has 0 bridgehead atoms. The molecule has 4 fully saturated rings. The Morgan fingerprint density at radius 1 is 0.551 bits per heavy atom. The van der Waals surface area contributed by atoms with Gasteiger partial charge in [0.25, 0.3) is 0 Å². The van der Waals surface area contributed by atoms with Crippen molar-refractivity contribution in [3.63, 3.8) is 0 Å². The van der Waals surface area contributed by atoms with Crippen LogP contribution in [-0.4, -0.2) is 117 Å². The number of rotatable bonds is 8. The summed E-state index contributed by atoms with van der Waals surface area (Å²) in [5, 5.41) is 6.49. The molecule has 0 radical (unpaired) electrons. The molecule has 16 heteroatoms. The number of aromatic nitrogens is 6. The second kappa shape index (κ2) is 20.2. The number of ether oxygens (including phenoxy) is 2. The molecule has 12 rings (SSSR count). The van der Waals surface area contributed by atoms with E-state index in [-0.39, 0.29) is 18.5 Å². The average Bonchev–Trinajstić information content (AvgIpc) is 4.06. The fourth-order valence-electron chi connectivity index (χ4n) is 10.9. The molecule has 10 heterocycles. The lowest BCUT2D eigenvalue weighted by atomic mass is 9.97. The molecule has 6 aromatic rings. The molecule has 4 saturated heterocycles. The third-order valence-electron chi connectivity index (χ3n) is 14.4. The third kappa shape index (κ3) is 9.76. The molecule has 4 N–H and O–H groups in total. The van der Waals surface area contributed by atoms with E-state index in [1.165, 1.54) is 60.3 Å². The average molecular weight is 933 g/mol. The van der Waals surface area contributed by atoms with Gasteiger partial charge in [-0.15, -0.1) is 0 Å². The number of hydrogen-bond donors (Lipinski definition) is 4. The number of benzene rings is 2. The summed E-state index contributed by atoms with van der Waals surface area (Å²) in [6, 6.07) is 27.7. The van der Waals surface area contributed by atoms with Gasteiger partial charge in [-0.25, -0.2) is 19.9 Å². The van der Waals surface area contributed by atoms with Crippen molar-refractivity contribution in [1.29, 1.82) is 0 Å². The molecule has 2 aromatic carbocycles. The predicted octanol–water partition coefficient (Wildman–Crippen LogP) is 7.62. The summed E-state index contributed by atoms with van der Waals surface area (Å²) >= 11 is 0. The van der Waals surface area contributed by atoms with Gasteiger partial charge in [-0.1, -0.05) is 19.6 Å². The monoisotopic (exact) mass is 933 g/mol. The number of aromatic amines is 2. The Bertz CT molecular complexity index is 2680. The van der Waals surface area contributed by atoms with Gasteiger partial charge in [0, 0.05) is 71.9 Å². The van der Waals surface area contributed by atoms with E-state index < -0.39 is 0 Å². The standard InChI is InChI=1S/2C26H30N6O2.CH4/c2*1-17-16-34-15-14-32(17)26-20-11-13-31-12-3-4-21(31)24(20)29-25(30-26)18-7-9-19(10-8-18)27-22-5-2-6-23(33)28-22;/h2*2,5-10,17,21H,3-4,11-16H2,1H3,(H2,27,28,33);1H4/t2*17-,21?;/m00./s1. The van der Waals surface area contributed by atoms with Gasteiger partial charge in [-0.3, -0.25) is 19.4 Å². The number of morpholine rings is 2. The Labute approximate surface area is 403 Å². The van der Waals surface area contributed by atoms with E-state index in [1.54, 1.807) is 12.1 Å². The zero-order valence-electron chi connectivity index (χ0n) is 38.9. The van der Waals surface area contributed by atoms with Gasteiger partial charge >= 0.3 is 0 Å². The number of pyridine rings is 2. The van der Waals surface area contributed by atoms with Crippen molar-refractivity contribution in [2.24, 2.45) is 0 Å². The van der Waals surface area contributed by atoms with E-state index in [1.807, 2.05) is 60.7 Å². The number of H-pyrrole nitrogens is 2. The van der Waals surface area contributed by atoms with E-state index >= 15 is 0 Å². The first-order valence-corrected chi connectivity index (χ1v) is 24.4. The largest absolute Gasteiger partial charge is 0.377 e. The topological polar surface area (TPSA) is 173 Å². The molecule has 4 aromatic heterocycles. The zero-order valence-corrected chi connectivity index (χ0v) is 38.9. The van der Waals surface area contributed by atoms with Crippen molar-refractivity contribution in [3.05, 3.63) is 128 Å². The maximum atomic E-state index is 11.6. The van der Waals surface area contributed by atoms with Crippen LogP contribution in [0.1, 0.15) is 81.6 Å². The number of nitrogens with one attached hydrogen (secondary N) is 4. The summed E-state index contributed by atoms with van der Waals surface area (Å²) < 4.78 is 11.4. The fourth-order valence-corrected chi connectivity index (χ4v) is 10.9. The van der Waals surface area contributed by atoms with Gasteiger partial charge in [-0.2, -0.15) is 0 Å². The van der Waals surface area contributed by atoms with Crippen LogP contribution in [-0.2, 0) is 22.3 Å². The van der Waals surface area contributed by atoms with E-state index in [0.717, 1.165) is 124 Å². The van der Waals surface area contributed by atoms with Gasteiger partial charge in [0.1, 0.15) is 23.3 Å². The quantitative estimate of drug-likeness (QED) is 0.117. The maximum absolute atomic E-state index is 11.6. The highest BCUT2D eigenvalue weighted by atomic mass is 16.5. The van der Waals surface area contributed by atoms with Crippen molar-refractivity contribution < 1.29 is 9.47 Å². The maximum Gasteiger partial charge on any atom is 0.249 e. The summed E-state index contributed by atoms with van der Waals surface area (Å²) in [7, 11) is 0. The first-order chi connectivity index (χ1) is 33.3. The molecule has 0 amide bonds. The second-order valence-corrected chi connectivity index (χ2v) is 18.9. The highest BCUT2D eigenvalue weighted by Gasteiger charge is 2.38. The summed E-state index contributed by atoms with van der Waals surface area (Å²) in [5.74, 6) is 5.06. The van der Waals surface area contributed by atoms with Crippen LogP contribution in [0.3, 0.4) is 0 Å². The van der Waals surface area contributed by atoms with Crippen molar-refractivity contribution in [2.75, 3.05) is 86.1 Å². The van der Waals surface area contributed by atoms with Crippen LogP contribution in [0.15, 0.2) is 94.5 Å². The van der Waals surface area contributed by atoms with Gasteiger partial charge in [0.05, 0.1) is 62.0 Å². The van der Waals surface area contributed by atoms with Crippen molar-refractivity contribution in [1.82, 2.24) is 39.7 Å². The minimum atomic E-state index is -0.130. The second-order valence-electron chi connectivity index (χ2n) is 18.9. The Balaban J connectivity index is 0.000000158. The molecule has 2 unspecified atom stereocenters. The highest BCUT2D eigenvalue weighted by molar-refractivity contribution is 5.68. The predicted molar refractivity (Wildman–Crippen MR) is 272 cm³/mol. The van der Waals surface area contributed by atoms with E-state index in [0.29, 0.717) is 35.8 Å². The Hall–Kier alpha value is -6.46. The molecule has 6 aliphatic rings. The summed E-state index contributed by atoms with van der Waals surface area (Å²) in [6.07, 6.45) is 6.80. The molecule has 0 saturated carbocycles. The number of nitrogens with zero attached hydrogens (tertiary/aromatic N) is 8. The number of fused-ring (bicyclic) bond motifs is 6. The lowest BCUT2D eigenvalue weighted by Gasteiger charge is -2.38. The van der Waals surface area contributed by atoms with Crippen molar-refractivity contribution in [3.8, 4) is 22.8 Å². The molecule has 0 spiro atoms. The summed E-state index contributed by atoms with van der Waals surface area (Å²) in [5.41, 5.74) is 8.60. The van der Waals surface area contributed by atoms with Crippen LogP contribution in [0.4, 0.5) is 34.6 Å². The molecule has 69 heavy (non-hydrogen) atoms. The van der Waals surface area contributed by atoms with Crippen LogP contribution >= 0.6 is 0 Å². The minimum absolute atomic E-state index is 0. The van der Waals surface area contributed by atoms with Crippen LogP contribution in [0.5, 0.6) is 0 Å². The lowest BCUT2D eigenvalue weighted by molar-refractivity contribution is 0.0982. The van der Waals surface area contributed by atoms with E-state index in [4.69, 9.17) is 29.4 Å². The smallest absolute Gasteiger partial charge is 0.249 e. The summed E-state index contributed by atoms with van der Waals surface area (Å²) in [6.45, 7) is 13.6. The van der Waals surface area contributed by atoms with Crippen LogP contribution in [0.2, 0.25) is 0 Å². The van der Waals surface area contributed by atoms with E-state index in [9.17, 15) is 9.59 Å². The molecule has 4 atom stereocenters. The molecule has 6 aliphatic heterocycles. The number of anilines is 6. The van der Waals surface area contributed by atoms with Gasteiger partial charge in [-0.05, 0) is 126 Å². The lowest BCUT2D eigenvalue weighted by Crippen LogP contribution is -2.45. The molecular formula is C53H64N12O4.